The fraction of sp³-hybridized carbons (Fsp3) is 0.0769. The van der Waals surface area contributed by atoms with Gasteiger partial charge in [-0.3, -0.25) is 9.13 Å². The predicted molar refractivity (Wildman–Crippen MR) is 135 cm³/mol. The molecule has 0 bridgehead atoms. The molecule has 0 spiro atoms. The molecule has 4 N–H and O–H groups in total. The van der Waals surface area contributed by atoms with Crippen molar-refractivity contribution in [3.63, 3.8) is 0 Å². The van der Waals surface area contributed by atoms with Gasteiger partial charge in [-0.2, -0.15) is 0 Å². The molecule has 34 heavy (non-hydrogen) atoms. The van der Waals surface area contributed by atoms with Gasteiger partial charge in [0.05, 0.1) is 10.6 Å². The molecule has 2 aliphatic heterocycles. The number of hydrogen-bond acceptors (Lipinski definition) is 6. The second-order valence-electron chi connectivity index (χ2n) is 8.39. The van der Waals surface area contributed by atoms with Gasteiger partial charge in [-0.25, -0.2) is 0 Å². The van der Waals surface area contributed by atoms with Crippen LogP contribution in [-0.2, 0) is 9.13 Å². The highest BCUT2D eigenvalue weighted by molar-refractivity contribution is 7.86. The van der Waals surface area contributed by atoms with E-state index < -0.39 is 19.8 Å². The first-order valence-corrected chi connectivity index (χ1v) is 14.1. The molecule has 8 heteroatoms. The Hall–Kier alpha value is -3.14. The van der Waals surface area contributed by atoms with Crippen molar-refractivity contribution in [2.45, 2.75) is 5.02 Å². The van der Waals surface area contributed by atoms with Crippen LogP contribution >= 0.6 is 14.7 Å². The van der Waals surface area contributed by atoms with Crippen LogP contribution in [0.4, 0.5) is 0 Å². The molecule has 0 fully saturated rings. The topological polar surface area (TPSA) is 105 Å². The van der Waals surface area contributed by atoms with Crippen molar-refractivity contribution < 1.29 is 18.2 Å². The average Bonchev–Trinajstić information content (AvgIpc) is 2.88. The lowest BCUT2D eigenvalue weighted by molar-refractivity contribution is 0.436. The zero-order chi connectivity index (χ0) is 23.6. The van der Waals surface area contributed by atoms with Crippen LogP contribution < -0.4 is 31.1 Å². The van der Waals surface area contributed by atoms with Crippen LogP contribution in [0.15, 0.2) is 97.1 Å². The summed E-state index contributed by atoms with van der Waals surface area (Å²) in [5.41, 5.74) is 16.2. The molecule has 2 heterocycles. The normalized spacial score (nSPS) is 23.7. The molecular weight excluding hydrogens is 466 g/mol. The van der Waals surface area contributed by atoms with Crippen molar-refractivity contribution in [3.05, 3.63) is 97.1 Å². The third kappa shape index (κ3) is 2.65. The van der Waals surface area contributed by atoms with Crippen LogP contribution in [0.1, 0.15) is 0 Å². The van der Waals surface area contributed by atoms with Crippen LogP contribution in [0.25, 0.3) is 22.3 Å². The highest BCUT2D eigenvalue weighted by Gasteiger charge is 2.65. The maximum atomic E-state index is 15.0. The monoisotopic (exact) mass is 488 g/mol. The number of nitrogens with two attached hydrogens (primary N) is 2. The molecule has 0 saturated heterocycles. The smallest absolute Gasteiger partial charge is 0.309 e. The Morgan fingerprint density at radius 1 is 0.588 bits per heavy atom. The van der Waals surface area contributed by atoms with Crippen molar-refractivity contribution in [2.75, 3.05) is 6.54 Å². The van der Waals surface area contributed by atoms with Gasteiger partial charge in [0.15, 0.2) is 0 Å². The summed E-state index contributed by atoms with van der Waals surface area (Å²) in [6.45, 7) is -0.380. The van der Waals surface area contributed by atoms with Crippen LogP contribution in [0, 0.1) is 0 Å². The van der Waals surface area contributed by atoms with Gasteiger partial charge in [-0.15, -0.1) is 0 Å². The molecule has 2 atom stereocenters. The van der Waals surface area contributed by atoms with Gasteiger partial charge >= 0.3 is 14.7 Å². The van der Waals surface area contributed by atoms with Crippen molar-refractivity contribution >= 4 is 25.3 Å². The fourth-order valence-electron chi connectivity index (χ4n) is 4.82. The lowest BCUT2D eigenvalue weighted by Gasteiger charge is -2.44. The maximum Gasteiger partial charge on any atom is 0.309 e. The summed E-state index contributed by atoms with van der Waals surface area (Å²) in [6, 6.07) is 29.0. The van der Waals surface area contributed by atoms with Crippen molar-refractivity contribution in [1.82, 2.24) is 0 Å². The molecule has 0 radical (unpaired) electrons. The first-order valence-electron chi connectivity index (χ1n) is 10.9. The Morgan fingerprint density at radius 2 is 0.941 bits per heavy atom. The Morgan fingerprint density at radius 3 is 1.35 bits per heavy atom. The van der Waals surface area contributed by atoms with E-state index in [1.807, 2.05) is 48.5 Å². The van der Waals surface area contributed by atoms with E-state index in [0.29, 0.717) is 33.2 Å². The van der Waals surface area contributed by atoms with Gasteiger partial charge < -0.3 is 20.5 Å². The summed E-state index contributed by atoms with van der Waals surface area (Å²) >= 11 is 0. The van der Waals surface area contributed by atoms with E-state index in [1.165, 1.54) is 0 Å². The number of hydrogen-bond donors (Lipinski definition) is 2. The standard InChI is InChI=1S/C26H22N2O4P2/c27-17-26(28,33(29)24-15-7-3-11-20(24)18-9-1-5-13-22(18)31-33)34(30)25-16-8-4-12-21(25)19-10-2-6-14-23(19)32-34/h1-16H,17,27-28H2. The molecule has 170 valence electrons. The maximum absolute atomic E-state index is 15.0. The largest absolute Gasteiger partial charge is 0.438 e. The Bertz CT molecular complexity index is 1440. The fourth-order valence-corrected chi connectivity index (χ4v) is 11.4. The lowest BCUT2D eigenvalue weighted by atomic mass is 10.0. The summed E-state index contributed by atoms with van der Waals surface area (Å²) in [5, 5.41) is -1.25. The lowest BCUT2D eigenvalue weighted by Crippen LogP contribution is -2.54. The van der Waals surface area contributed by atoms with E-state index in [4.69, 9.17) is 20.5 Å². The molecule has 4 aromatic rings. The minimum Gasteiger partial charge on any atom is -0.438 e. The quantitative estimate of drug-likeness (QED) is 0.398. The van der Waals surface area contributed by atoms with E-state index in [-0.39, 0.29) is 6.54 Å². The molecule has 2 aliphatic rings. The third-order valence-corrected chi connectivity index (χ3v) is 13.5. The third-order valence-electron chi connectivity index (χ3n) is 6.57. The van der Waals surface area contributed by atoms with Crippen molar-refractivity contribution in [3.8, 4) is 33.8 Å². The molecule has 0 aromatic heterocycles. The second-order valence-corrected chi connectivity index (χ2v) is 13.9. The van der Waals surface area contributed by atoms with Gasteiger partial charge in [0, 0.05) is 17.7 Å². The number of benzene rings is 4. The molecule has 6 nitrogen and oxygen atoms in total. The predicted octanol–water partition coefficient (Wildman–Crippen LogP) is 4.88. The van der Waals surface area contributed by atoms with Crippen molar-refractivity contribution in [1.29, 1.82) is 0 Å². The van der Waals surface area contributed by atoms with E-state index in [2.05, 4.69) is 0 Å². The second kappa shape index (κ2) is 7.43. The molecular formula is C26H22N2O4P2. The Kier molecular flexibility index (Phi) is 4.68. The Balaban J connectivity index is 1.64. The van der Waals surface area contributed by atoms with Crippen molar-refractivity contribution in [2.24, 2.45) is 11.5 Å². The molecule has 4 aromatic carbocycles. The van der Waals surface area contributed by atoms with Crippen LogP contribution in [-0.4, -0.2) is 11.6 Å². The first-order chi connectivity index (χ1) is 16.4. The van der Waals surface area contributed by atoms with E-state index in [0.717, 1.165) is 11.1 Å². The number of fused-ring (bicyclic) bond motifs is 6. The summed E-state index contributed by atoms with van der Waals surface area (Å²) < 4.78 is 42.5. The van der Waals surface area contributed by atoms with E-state index in [1.54, 1.807) is 48.5 Å². The summed E-state index contributed by atoms with van der Waals surface area (Å²) in [7, 11) is -8.19. The minimum absolute atomic E-state index is 0.380. The molecule has 0 aliphatic carbocycles. The van der Waals surface area contributed by atoms with Gasteiger partial charge in [-0.1, -0.05) is 72.8 Å². The minimum atomic E-state index is -4.09. The SMILES string of the molecule is NCC(N)(P1(=O)Oc2ccccc2-c2ccccc21)P1(=O)Oc2ccccc2-c2ccccc21. The van der Waals surface area contributed by atoms with Gasteiger partial charge in [0.2, 0.25) is 5.02 Å². The highest BCUT2D eigenvalue weighted by atomic mass is 31.2. The average molecular weight is 488 g/mol. The van der Waals surface area contributed by atoms with E-state index >= 15 is 9.13 Å². The van der Waals surface area contributed by atoms with Crippen LogP contribution in [0.2, 0.25) is 0 Å². The molecule has 0 amide bonds. The first kappa shape index (κ1) is 21.4. The molecule has 0 saturated carbocycles. The molecule has 6 rings (SSSR count). The van der Waals surface area contributed by atoms with Crippen LogP contribution in [0.3, 0.4) is 0 Å². The van der Waals surface area contributed by atoms with Gasteiger partial charge in [0.1, 0.15) is 11.5 Å². The summed E-state index contributed by atoms with van der Waals surface area (Å²) in [6.07, 6.45) is 0. The Labute approximate surface area is 197 Å². The number of rotatable bonds is 3. The van der Waals surface area contributed by atoms with Gasteiger partial charge in [-0.05, 0) is 35.4 Å². The summed E-state index contributed by atoms with van der Waals surface area (Å²) in [5.74, 6) is 0.815. The van der Waals surface area contributed by atoms with E-state index in [9.17, 15) is 0 Å². The highest BCUT2D eigenvalue weighted by Crippen LogP contribution is 2.75. The molecule has 2 unspecified atom stereocenters. The number of para-hydroxylation sites is 2. The van der Waals surface area contributed by atoms with Crippen LogP contribution in [0.5, 0.6) is 11.5 Å². The zero-order valence-corrected chi connectivity index (χ0v) is 19.9. The van der Waals surface area contributed by atoms with Gasteiger partial charge in [0.25, 0.3) is 0 Å². The summed E-state index contributed by atoms with van der Waals surface area (Å²) in [4.78, 5) is 0. The zero-order valence-electron chi connectivity index (χ0n) is 18.1.